The maximum absolute atomic E-state index is 5.21. The third-order valence-corrected chi connectivity index (χ3v) is 3.36. The van der Waals surface area contributed by atoms with E-state index in [9.17, 15) is 0 Å². The van der Waals surface area contributed by atoms with E-state index in [0.717, 1.165) is 22.2 Å². The summed E-state index contributed by atoms with van der Waals surface area (Å²) in [5.41, 5.74) is 1.16. The normalized spacial score (nSPS) is 11.2. The summed E-state index contributed by atoms with van der Waals surface area (Å²) in [5, 5.41) is 5.10. The van der Waals surface area contributed by atoms with Crippen LogP contribution in [0.5, 0.6) is 0 Å². The van der Waals surface area contributed by atoms with Crippen molar-refractivity contribution < 1.29 is 4.52 Å². The van der Waals surface area contributed by atoms with Crippen molar-refractivity contribution in [2.45, 2.75) is 19.9 Å². The van der Waals surface area contributed by atoms with E-state index in [2.05, 4.69) is 48.8 Å². The van der Waals surface area contributed by atoms with Crippen molar-refractivity contribution in [3.8, 4) is 0 Å². The third-order valence-electron chi connectivity index (χ3n) is 2.87. The lowest BCUT2D eigenvalue weighted by atomic mass is 10.2. The highest BCUT2D eigenvalue weighted by molar-refractivity contribution is 9.10. The molecule has 2 aromatic heterocycles. The van der Waals surface area contributed by atoms with Crippen molar-refractivity contribution in [2.24, 2.45) is 0 Å². The number of fused-ring (bicyclic) bond motifs is 1. The SMILES string of the molecule is CCc1noc(Cn2ccc3cc(Br)ccc32)n1. The molecular formula is C13H12BrN3O. The van der Waals surface area contributed by atoms with Gasteiger partial charge in [0.15, 0.2) is 5.82 Å². The number of benzene rings is 1. The highest BCUT2D eigenvalue weighted by Crippen LogP contribution is 2.21. The van der Waals surface area contributed by atoms with Crippen LogP contribution in [0.3, 0.4) is 0 Å². The molecule has 0 aliphatic rings. The lowest BCUT2D eigenvalue weighted by Gasteiger charge is -2.01. The highest BCUT2D eigenvalue weighted by atomic mass is 79.9. The number of hydrogen-bond acceptors (Lipinski definition) is 3. The summed E-state index contributed by atoms with van der Waals surface area (Å²) in [6.07, 6.45) is 2.83. The zero-order chi connectivity index (χ0) is 12.5. The summed E-state index contributed by atoms with van der Waals surface area (Å²) < 4.78 is 8.40. The van der Waals surface area contributed by atoms with Gasteiger partial charge in [0, 0.05) is 28.0 Å². The molecular weight excluding hydrogens is 294 g/mol. The van der Waals surface area contributed by atoms with Gasteiger partial charge in [-0.05, 0) is 24.3 Å². The van der Waals surface area contributed by atoms with Gasteiger partial charge in [-0.2, -0.15) is 4.98 Å². The molecule has 0 spiro atoms. The number of nitrogens with zero attached hydrogens (tertiary/aromatic N) is 3. The molecule has 3 rings (SSSR count). The monoisotopic (exact) mass is 305 g/mol. The first-order chi connectivity index (χ1) is 8.76. The van der Waals surface area contributed by atoms with Crippen molar-refractivity contribution in [2.75, 3.05) is 0 Å². The Kier molecular flexibility index (Phi) is 2.91. The van der Waals surface area contributed by atoms with Crippen molar-refractivity contribution in [1.82, 2.24) is 14.7 Å². The van der Waals surface area contributed by atoms with E-state index in [-0.39, 0.29) is 0 Å². The molecule has 0 saturated heterocycles. The quantitative estimate of drug-likeness (QED) is 0.745. The van der Waals surface area contributed by atoms with Gasteiger partial charge in [-0.15, -0.1) is 0 Å². The minimum Gasteiger partial charge on any atom is -0.338 e. The molecule has 0 bridgehead atoms. The minimum absolute atomic E-state index is 0.609. The van der Waals surface area contributed by atoms with Gasteiger partial charge < -0.3 is 9.09 Å². The lowest BCUT2D eigenvalue weighted by molar-refractivity contribution is 0.368. The van der Waals surface area contributed by atoms with Crippen molar-refractivity contribution >= 4 is 26.8 Å². The Morgan fingerprint density at radius 1 is 1.33 bits per heavy atom. The largest absolute Gasteiger partial charge is 0.338 e. The van der Waals surface area contributed by atoms with E-state index in [0.29, 0.717) is 12.4 Å². The van der Waals surface area contributed by atoms with E-state index >= 15 is 0 Å². The summed E-state index contributed by atoms with van der Waals surface area (Å²) in [6.45, 7) is 2.62. The molecule has 0 unspecified atom stereocenters. The molecule has 4 nitrogen and oxygen atoms in total. The summed E-state index contributed by atoms with van der Waals surface area (Å²) in [4.78, 5) is 4.32. The van der Waals surface area contributed by atoms with Gasteiger partial charge in [0.1, 0.15) is 6.54 Å². The first-order valence-electron chi connectivity index (χ1n) is 5.82. The fourth-order valence-electron chi connectivity index (χ4n) is 1.95. The fraction of sp³-hybridized carbons (Fsp3) is 0.231. The average Bonchev–Trinajstić information content (AvgIpc) is 2.97. The van der Waals surface area contributed by atoms with Crippen molar-refractivity contribution in [1.29, 1.82) is 0 Å². The average molecular weight is 306 g/mol. The van der Waals surface area contributed by atoms with Gasteiger partial charge in [-0.1, -0.05) is 28.0 Å². The van der Waals surface area contributed by atoms with E-state index in [1.165, 1.54) is 5.39 Å². The standard InChI is InChI=1S/C13H12BrN3O/c1-2-12-15-13(18-16-12)8-17-6-5-9-7-10(14)3-4-11(9)17/h3-7H,2,8H2,1H3. The summed E-state index contributed by atoms with van der Waals surface area (Å²) in [6, 6.07) is 8.29. The van der Waals surface area contributed by atoms with Gasteiger partial charge in [0.05, 0.1) is 0 Å². The maximum Gasteiger partial charge on any atom is 0.246 e. The number of aryl methyl sites for hydroxylation is 1. The van der Waals surface area contributed by atoms with Gasteiger partial charge in [0.2, 0.25) is 5.89 Å². The summed E-state index contributed by atoms with van der Waals surface area (Å²) >= 11 is 3.47. The third kappa shape index (κ3) is 2.06. The molecule has 18 heavy (non-hydrogen) atoms. The molecule has 0 fully saturated rings. The van der Waals surface area contributed by atoms with Crippen LogP contribution in [0.25, 0.3) is 10.9 Å². The van der Waals surface area contributed by atoms with Crippen molar-refractivity contribution in [3.05, 3.63) is 46.7 Å². The number of hydrogen-bond donors (Lipinski definition) is 0. The molecule has 5 heteroatoms. The predicted molar refractivity (Wildman–Crippen MR) is 72.4 cm³/mol. The van der Waals surface area contributed by atoms with Crippen LogP contribution in [-0.4, -0.2) is 14.7 Å². The Balaban J connectivity index is 1.95. The molecule has 0 radical (unpaired) electrons. The van der Waals surface area contributed by atoms with Crippen LogP contribution in [0.15, 0.2) is 39.5 Å². The number of rotatable bonds is 3. The minimum atomic E-state index is 0.609. The molecule has 0 aliphatic heterocycles. The Labute approximate surface area is 113 Å². The van der Waals surface area contributed by atoms with Crippen LogP contribution in [-0.2, 0) is 13.0 Å². The van der Waals surface area contributed by atoms with E-state index in [1.807, 2.05) is 19.2 Å². The van der Waals surface area contributed by atoms with Crippen LogP contribution < -0.4 is 0 Å². The molecule has 1 aromatic carbocycles. The van der Waals surface area contributed by atoms with E-state index in [1.54, 1.807) is 0 Å². The van der Waals surface area contributed by atoms with E-state index < -0.39 is 0 Å². The second-order valence-electron chi connectivity index (χ2n) is 4.10. The second-order valence-corrected chi connectivity index (χ2v) is 5.02. The first-order valence-corrected chi connectivity index (χ1v) is 6.61. The van der Waals surface area contributed by atoms with E-state index in [4.69, 9.17) is 4.52 Å². The second kappa shape index (κ2) is 4.57. The van der Waals surface area contributed by atoms with Gasteiger partial charge in [-0.3, -0.25) is 0 Å². The smallest absolute Gasteiger partial charge is 0.246 e. The number of halogens is 1. The zero-order valence-corrected chi connectivity index (χ0v) is 11.5. The van der Waals surface area contributed by atoms with Crippen molar-refractivity contribution in [3.63, 3.8) is 0 Å². The van der Waals surface area contributed by atoms with Crippen LogP contribution in [0, 0.1) is 0 Å². The highest BCUT2D eigenvalue weighted by Gasteiger charge is 2.07. The summed E-state index contributed by atoms with van der Waals surface area (Å²) in [7, 11) is 0. The first kappa shape index (κ1) is 11.5. The molecule has 0 aliphatic carbocycles. The molecule has 3 aromatic rings. The Bertz CT molecular complexity index is 686. The molecule has 0 N–H and O–H groups in total. The van der Waals surface area contributed by atoms with Crippen LogP contribution >= 0.6 is 15.9 Å². The molecule has 2 heterocycles. The predicted octanol–water partition coefficient (Wildman–Crippen LogP) is 3.40. The lowest BCUT2D eigenvalue weighted by Crippen LogP contribution is -1.98. The molecule has 0 saturated carbocycles. The molecule has 0 amide bonds. The Morgan fingerprint density at radius 3 is 3.00 bits per heavy atom. The van der Waals surface area contributed by atoms with Gasteiger partial charge >= 0.3 is 0 Å². The van der Waals surface area contributed by atoms with Crippen LogP contribution in [0.4, 0.5) is 0 Å². The van der Waals surface area contributed by atoms with Gasteiger partial charge in [0.25, 0.3) is 0 Å². The van der Waals surface area contributed by atoms with Crippen LogP contribution in [0.2, 0.25) is 0 Å². The number of aromatic nitrogens is 3. The Morgan fingerprint density at radius 2 is 2.22 bits per heavy atom. The zero-order valence-electron chi connectivity index (χ0n) is 9.93. The van der Waals surface area contributed by atoms with Crippen LogP contribution in [0.1, 0.15) is 18.6 Å². The van der Waals surface area contributed by atoms with Gasteiger partial charge in [-0.25, -0.2) is 0 Å². The molecule has 92 valence electrons. The fourth-order valence-corrected chi connectivity index (χ4v) is 2.33. The molecule has 0 atom stereocenters. The summed E-state index contributed by atoms with van der Waals surface area (Å²) in [5.74, 6) is 1.40. The Hall–Kier alpha value is -1.62. The maximum atomic E-state index is 5.21. The topological polar surface area (TPSA) is 43.9 Å².